The monoisotopic (exact) mass is 338 g/mol. The number of nitrogens with one attached hydrogen (secondary N) is 1. The van der Waals surface area contributed by atoms with Crippen LogP contribution in [0.4, 0.5) is 11.4 Å². The van der Waals surface area contributed by atoms with E-state index in [0.717, 1.165) is 12.0 Å². The van der Waals surface area contributed by atoms with Crippen LogP contribution in [0.5, 0.6) is 5.88 Å². The molecule has 2 aromatic carbocycles. The molecule has 0 unspecified atom stereocenters. The van der Waals surface area contributed by atoms with Crippen LogP contribution in [-0.2, 0) is 6.42 Å². The first-order valence-corrected chi connectivity index (χ1v) is 7.53. The molecule has 0 aliphatic rings. The maximum atomic E-state index is 12.1. The molecule has 25 heavy (non-hydrogen) atoms. The summed E-state index contributed by atoms with van der Waals surface area (Å²) in [6, 6.07) is 10.7. The number of fused-ring (bicyclic) bond motifs is 1. The number of rotatable bonds is 4. The molecule has 0 saturated heterocycles. The van der Waals surface area contributed by atoms with Crippen molar-refractivity contribution in [3.63, 3.8) is 0 Å². The van der Waals surface area contributed by atoms with Crippen molar-refractivity contribution in [3.05, 3.63) is 63.7 Å². The highest BCUT2D eigenvalue weighted by Crippen LogP contribution is 2.36. The van der Waals surface area contributed by atoms with Gasteiger partial charge in [0.05, 0.1) is 10.4 Å². The molecule has 0 aliphatic carbocycles. The summed E-state index contributed by atoms with van der Waals surface area (Å²) < 4.78 is 0. The van der Waals surface area contributed by atoms with Gasteiger partial charge in [-0.2, -0.15) is 0 Å². The lowest BCUT2D eigenvalue weighted by atomic mass is 10.1. The third-order valence-corrected chi connectivity index (χ3v) is 3.79. The first kappa shape index (κ1) is 16.3. The van der Waals surface area contributed by atoms with Gasteiger partial charge in [0, 0.05) is 23.1 Å². The molecule has 0 aliphatic heterocycles. The van der Waals surface area contributed by atoms with Crippen molar-refractivity contribution in [1.82, 2.24) is 4.98 Å². The number of H-pyrrole nitrogens is 1. The summed E-state index contributed by atoms with van der Waals surface area (Å²) in [6.07, 6.45) is 0.820. The predicted molar refractivity (Wildman–Crippen MR) is 91.3 cm³/mol. The number of non-ortho nitro benzene ring substituents is 1. The number of carbonyl (C=O) groups is 1. The number of hydrogen-bond acceptors (Lipinski definition) is 5. The van der Waals surface area contributed by atoms with Crippen LogP contribution < -0.4 is 0 Å². The maximum Gasteiger partial charge on any atom is 0.295 e. The van der Waals surface area contributed by atoms with E-state index in [1.807, 2.05) is 25.1 Å². The number of aromatic hydroxyl groups is 1. The summed E-state index contributed by atoms with van der Waals surface area (Å²) in [4.78, 5) is 24.9. The Morgan fingerprint density at radius 3 is 2.60 bits per heavy atom. The molecule has 0 saturated carbocycles. The minimum Gasteiger partial charge on any atom is -0.493 e. The number of benzene rings is 2. The van der Waals surface area contributed by atoms with E-state index in [4.69, 9.17) is 0 Å². The summed E-state index contributed by atoms with van der Waals surface area (Å²) in [7, 11) is 0. The van der Waals surface area contributed by atoms with Crippen molar-refractivity contribution in [2.24, 2.45) is 10.2 Å². The Hall–Kier alpha value is -3.55. The number of amides is 1. The topological polar surface area (TPSA) is 121 Å². The van der Waals surface area contributed by atoms with E-state index >= 15 is 0 Å². The summed E-state index contributed by atoms with van der Waals surface area (Å²) in [5, 5.41) is 28.7. The van der Waals surface area contributed by atoms with Crippen LogP contribution in [0.2, 0.25) is 0 Å². The molecular weight excluding hydrogens is 324 g/mol. The Balaban J connectivity index is 1.90. The van der Waals surface area contributed by atoms with Crippen LogP contribution >= 0.6 is 0 Å². The molecule has 0 radical (unpaired) electrons. The van der Waals surface area contributed by atoms with E-state index in [0.29, 0.717) is 10.9 Å². The van der Waals surface area contributed by atoms with Crippen LogP contribution in [0.1, 0.15) is 22.8 Å². The second-order valence-electron chi connectivity index (χ2n) is 5.36. The van der Waals surface area contributed by atoms with Crippen LogP contribution in [0.15, 0.2) is 52.7 Å². The molecule has 0 spiro atoms. The Labute approximate surface area is 142 Å². The van der Waals surface area contributed by atoms with Gasteiger partial charge < -0.3 is 10.1 Å². The van der Waals surface area contributed by atoms with Crippen molar-refractivity contribution in [2.45, 2.75) is 13.3 Å². The molecule has 3 rings (SSSR count). The van der Waals surface area contributed by atoms with Gasteiger partial charge in [0.2, 0.25) is 5.88 Å². The Morgan fingerprint density at radius 2 is 1.96 bits per heavy atom. The number of aromatic nitrogens is 1. The van der Waals surface area contributed by atoms with Gasteiger partial charge in [-0.25, -0.2) is 0 Å². The molecule has 8 nitrogen and oxygen atoms in total. The second-order valence-corrected chi connectivity index (χ2v) is 5.36. The quantitative estimate of drug-likeness (QED) is 0.419. The van der Waals surface area contributed by atoms with E-state index in [-0.39, 0.29) is 22.8 Å². The normalized spacial score (nSPS) is 11.2. The maximum absolute atomic E-state index is 12.1. The zero-order valence-corrected chi connectivity index (χ0v) is 13.3. The first-order chi connectivity index (χ1) is 12.0. The number of nitrogens with zero attached hydrogens (tertiary/aromatic N) is 3. The molecular formula is C17H14N4O4. The Morgan fingerprint density at radius 1 is 1.24 bits per heavy atom. The molecule has 2 N–H and O–H groups in total. The fraction of sp³-hybridized carbons (Fsp3) is 0.118. The number of hydrogen-bond donors (Lipinski definition) is 2. The summed E-state index contributed by atoms with van der Waals surface area (Å²) in [5.41, 5.74) is 1.98. The molecule has 0 atom stereocenters. The van der Waals surface area contributed by atoms with E-state index in [9.17, 15) is 20.0 Å². The minimum atomic E-state index is -0.657. The molecule has 1 aromatic heterocycles. The summed E-state index contributed by atoms with van der Waals surface area (Å²) in [5.74, 6) is -0.834. The van der Waals surface area contributed by atoms with Crippen molar-refractivity contribution in [2.75, 3.05) is 0 Å². The third kappa shape index (κ3) is 3.23. The SMILES string of the molecule is CCc1ccc2[nH]c(O)c(N=NC(=O)c3ccc([N+](=O)[O-])cc3)c2c1. The number of aryl methyl sites for hydroxylation is 1. The van der Waals surface area contributed by atoms with E-state index in [1.165, 1.54) is 24.3 Å². The van der Waals surface area contributed by atoms with Crippen LogP contribution in [0, 0.1) is 10.1 Å². The van der Waals surface area contributed by atoms with Crippen molar-refractivity contribution < 1.29 is 14.8 Å². The standard InChI is InChI=1S/C17H14N4O4/c1-2-10-3-8-14-13(9-10)15(17(23)18-14)19-20-16(22)11-4-6-12(7-5-11)21(24)25/h3-9,18,23H,2H2,1H3. The van der Waals surface area contributed by atoms with Crippen molar-refractivity contribution >= 4 is 28.2 Å². The average molecular weight is 338 g/mol. The van der Waals surface area contributed by atoms with Gasteiger partial charge in [-0.3, -0.25) is 14.9 Å². The van der Waals surface area contributed by atoms with Gasteiger partial charge in [-0.15, -0.1) is 10.2 Å². The van der Waals surface area contributed by atoms with E-state index in [1.54, 1.807) is 0 Å². The van der Waals surface area contributed by atoms with Crippen molar-refractivity contribution in [1.29, 1.82) is 0 Å². The number of aromatic amines is 1. The lowest BCUT2D eigenvalue weighted by Crippen LogP contribution is -1.94. The van der Waals surface area contributed by atoms with E-state index < -0.39 is 10.8 Å². The molecule has 1 amide bonds. The van der Waals surface area contributed by atoms with Gasteiger partial charge in [-0.1, -0.05) is 13.0 Å². The highest BCUT2D eigenvalue weighted by molar-refractivity contribution is 5.97. The predicted octanol–water partition coefficient (Wildman–Crippen LogP) is 4.27. The zero-order chi connectivity index (χ0) is 18.0. The molecule has 1 heterocycles. The fourth-order valence-corrected chi connectivity index (χ4v) is 2.41. The van der Waals surface area contributed by atoms with Crippen LogP contribution in [0.3, 0.4) is 0 Å². The largest absolute Gasteiger partial charge is 0.493 e. The lowest BCUT2D eigenvalue weighted by Gasteiger charge is -1.97. The number of carbonyl (C=O) groups excluding carboxylic acids is 1. The van der Waals surface area contributed by atoms with Gasteiger partial charge in [-0.05, 0) is 36.2 Å². The van der Waals surface area contributed by atoms with Gasteiger partial charge >= 0.3 is 0 Å². The zero-order valence-electron chi connectivity index (χ0n) is 13.3. The molecule has 126 valence electrons. The van der Waals surface area contributed by atoms with Crippen molar-refractivity contribution in [3.8, 4) is 5.88 Å². The smallest absolute Gasteiger partial charge is 0.295 e. The molecule has 0 bridgehead atoms. The number of nitro benzene ring substituents is 1. The van der Waals surface area contributed by atoms with Crippen LogP contribution in [-0.4, -0.2) is 20.9 Å². The fourth-order valence-electron chi connectivity index (χ4n) is 2.41. The molecule has 3 aromatic rings. The average Bonchev–Trinajstić information content (AvgIpc) is 2.93. The highest BCUT2D eigenvalue weighted by atomic mass is 16.6. The second kappa shape index (κ2) is 6.52. The summed E-state index contributed by atoms with van der Waals surface area (Å²) >= 11 is 0. The third-order valence-electron chi connectivity index (χ3n) is 3.79. The Bertz CT molecular complexity index is 990. The van der Waals surface area contributed by atoms with Gasteiger partial charge in [0.25, 0.3) is 11.6 Å². The molecule has 8 heteroatoms. The lowest BCUT2D eigenvalue weighted by molar-refractivity contribution is -0.384. The van der Waals surface area contributed by atoms with Crippen LogP contribution in [0.25, 0.3) is 10.9 Å². The first-order valence-electron chi connectivity index (χ1n) is 7.53. The minimum absolute atomic E-state index is 0.116. The Kier molecular flexibility index (Phi) is 4.25. The van der Waals surface area contributed by atoms with E-state index in [2.05, 4.69) is 15.2 Å². The summed E-state index contributed by atoms with van der Waals surface area (Å²) in [6.45, 7) is 2.01. The highest BCUT2D eigenvalue weighted by Gasteiger charge is 2.13. The molecule has 0 fully saturated rings. The number of nitro groups is 1. The van der Waals surface area contributed by atoms with Gasteiger partial charge in [0.1, 0.15) is 0 Å². The van der Waals surface area contributed by atoms with Gasteiger partial charge in [0.15, 0.2) is 5.69 Å². The number of azo groups is 1.